The number of rotatable bonds is 6. The van der Waals surface area contributed by atoms with Crippen molar-refractivity contribution in [3.63, 3.8) is 0 Å². The number of hydrogen-bond acceptors (Lipinski definition) is 5. The fraction of sp³-hybridized carbons (Fsp3) is 1.00. The summed E-state index contributed by atoms with van der Waals surface area (Å²) in [7, 11) is 13.9. The highest BCUT2D eigenvalue weighted by Gasteiger charge is 2.49. The molecule has 9 unspecified atom stereocenters. The van der Waals surface area contributed by atoms with Crippen LogP contribution >= 0.6 is 26.5 Å². The Bertz CT molecular complexity index is 234. The van der Waals surface area contributed by atoms with E-state index >= 15 is 0 Å². The molecule has 11 heteroatoms. The smallest absolute Gasteiger partial charge is 0.318 e. The first-order valence-electron chi connectivity index (χ1n) is 5.36. The van der Waals surface area contributed by atoms with Crippen molar-refractivity contribution in [1.82, 2.24) is 0 Å². The molecule has 0 heterocycles. The molecule has 5 nitrogen and oxygen atoms in total. The van der Waals surface area contributed by atoms with Crippen LogP contribution in [0.2, 0.25) is 0 Å². The Hall–Kier alpha value is 1.28. The Kier molecular flexibility index (Phi) is 8.23. The van der Waals surface area contributed by atoms with Gasteiger partial charge in [0.15, 0.2) is 0 Å². The molecule has 1 aliphatic carbocycles. The predicted octanol–water partition coefficient (Wildman–Crippen LogP) is -0.723. The lowest BCUT2D eigenvalue weighted by Crippen LogP contribution is -2.61. The van der Waals surface area contributed by atoms with Crippen molar-refractivity contribution >= 4 is 48.8 Å². The van der Waals surface area contributed by atoms with Gasteiger partial charge in [0, 0.05) is 5.92 Å². The summed E-state index contributed by atoms with van der Waals surface area (Å²) in [5.74, 6) is -0.332. The summed E-state index contributed by atoms with van der Waals surface area (Å²) in [5.41, 5.74) is 0. The van der Waals surface area contributed by atoms with Gasteiger partial charge >= 0.3 is 7.20 Å². The van der Waals surface area contributed by atoms with E-state index in [0.717, 1.165) is 0 Å². The summed E-state index contributed by atoms with van der Waals surface area (Å²) >= 11 is 0. The lowest BCUT2D eigenvalue weighted by atomic mass is 9.79. The van der Waals surface area contributed by atoms with Gasteiger partial charge in [-0.25, -0.2) is 0 Å². The first-order chi connectivity index (χ1) is 8.58. The lowest BCUT2D eigenvalue weighted by molar-refractivity contribution is -0.173. The highest BCUT2D eigenvalue weighted by Crippen LogP contribution is 2.36. The maximum atomic E-state index is 10.0. The maximum absolute atomic E-state index is 10.0. The molecule has 0 bridgehead atoms. The van der Waals surface area contributed by atoms with Gasteiger partial charge in [-0.05, 0) is 17.4 Å². The highest BCUT2D eigenvalue weighted by atomic mass is 31.1. The number of hydrogen-bond donors (Lipinski definition) is 2. The molecule has 0 aliphatic heterocycles. The molecular formula is C7H15B3O5P3. The van der Waals surface area contributed by atoms with E-state index in [1.807, 2.05) is 0 Å². The summed E-state index contributed by atoms with van der Waals surface area (Å²) in [6.45, 7) is 1.76. The summed E-state index contributed by atoms with van der Waals surface area (Å²) in [5, 5.41) is 20.0. The molecule has 18 heavy (non-hydrogen) atoms. The average molecular weight is 305 g/mol. The molecule has 0 saturated heterocycles. The molecule has 97 valence electrons. The topological polar surface area (TPSA) is 68.2 Å². The Labute approximate surface area is 116 Å². The maximum Gasteiger partial charge on any atom is 0.318 e. The van der Waals surface area contributed by atoms with E-state index < -0.39 is 30.5 Å². The van der Waals surface area contributed by atoms with Gasteiger partial charge in [-0.2, -0.15) is 0 Å². The van der Waals surface area contributed by atoms with Gasteiger partial charge in [-0.3, -0.25) is 0 Å². The molecule has 0 spiro atoms. The van der Waals surface area contributed by atoms with E-state index in [1.54, 1.807) is 6.92 Å². The molecular weight excluding hydrogens is 289 g/mol. The fourth-order valence-corrected chi connectivity index (χ4v) is 3.21. The minimum atomic E-state index is -1.07. The first-order valence-corrected chi connectivity index (χ1v) is 7.99. The largest absolute Gasteiger partial charge is 0.427 e. The van der Waals surface area contributed by atoms with E-state index in [2.05, 4.69) is 9.12 Å². The quantitative estimate of drug-likeness (QED) is 0.501. The van der Waals surface area contributed by atoms with Gasteiger partial charge in [0.2, 0.25) is 0 Å². The minimum Gasteiger partial charge on any atom is -0.427 e. The number of aliphatic hydroxyl groups is 2. The van der Waals surface area contributed by atoms with E-state index in [1.165, 1.54) is 7.20 Å². The van der Waals surface area contributed by atoms with Crippen LogP contribution in [-0.4, -0.2) is 63.1 Å². The van der Waals surface area contributed by atoms with Crippen LogP contribution < -0.4 is 0 Å². The highest BCUT2D eigenvalue weighted by molar-refractivity contribution is 7.62. The van der Waals surface area contributed by atoms with Crippen LogP contribution in [-0.2, 0) is 13.7 Å². The molecule has 9 atom stereocenters. The van der Waals surface area contributed by atoms with Crippen LogP contribution in [0.5, 0.6) is 0 Å². The van der Waals surface area contributed by atoms with Crippen molar-refractivity contribution in [3.05, 3.63) is 0 Å². The van der Waals surface area contributed by atoms with Gasteiger partial charge in [0.05, 0.1) is 18.3 Å². The van der Waals surface area contributed by atoms with E-state index in [4.69, 9.17) is 28.8 Å². The van der Waals surface area contributed by atoms with Gasteiger partial charge < -0.3 is 23.9 Å². The zero-order valence-corrected chi connectivity index (χ0v) is 13.0. The fourth-order valence-electron chi connectivity index (χ4n) is 2.09. The van der Waals surface area contributed by atoms with Crippen molar-refractivity contribution in [1.29, 1.82) is 0 Å². The Balaban J connectivity index is 2.90. The Morgan fingerprint density at radius 3 is 2.11 bits per heavy atom. The van der Waals surface area contributed by atoms with E-state index in [-0.39, 0.29) is 23.3 Å². The second-order valence-corrected chi connectivity index (χ2v) is 5.19. The second-order valence-electron chi connectivity index (χ2n) is 3.98. The SMILES string of the molecule is [B]POC1C(C)C(O)C(O)C(O[B]P)C1OP[B]. The van der Waals surface area contributed by atoms with Gasteiger partial charge in [-0.1, -0.05) is 6.92 Å². The average Bonchev–Trinajstić information content (AvgIpc) is 2.36. The first kappa shape index (κ1) is 17.3. The minimum absolute atomic E-state index is 0.243. The van der Waals surface area contributed by atoms with Crippen LogP contribution in [0.15, 0.2) is 0 Å². The van der Waals surface area contributed by atoms with Crippen LogP contribution in [0.1, 0.15) is 6.92 Å². The molecule has 1 rings (SSSR count). The van der Waals surface area contributed by atoms with Crippen LogP contribution in [0, 0.1) is 5.92 Å². The molecule has 0 aromatic heterocycles. The second kappa shape index (κ2) is 8.54. The molecule has 1 fully saturated rings. The lowest BCUT2D eigenvalue weighted by Gasteiger charge is -2.46. The van der Waals surface area contributed by atoms with Crippen LogP contribution in [0.3, 0.4) is 0 Å². The van der Waals surface area contributed by atoms with Gasteiger partial charge in [0.25, 0.3) is 0 Å². The third kappa shape index (κ3) is 3.90. The summed E-state index contributed by atoms with van der Waals surface area (Å²) in [6, 6.07) is 0. The summed E-state index contributed by atoms with van der Waals surface area (Å²) < 4.78 is 16.1. The molecule has 0 amide bonds. The van der Waals surface area contributed by atoms with Gasteiger partial charge in [0.1, 0.15) is 27.3 Å². The summed E-state index contributed by atoms with van der Waals surface area (Å²) in [4.78, 5) is 0. The van der Waals surface area contributed by atoms with E-state index in [9.17, 15) is 10.2 Å². The van der Waals surface area contributed by atoms with Gasteiger partial charge in [-0.15, -0.1) is 9.12 Å². The predicted molar refractivity (Wildman–Crippen MR) is 79.4 cm³/mol. The van der Waals surface area contributed by atoms with Crippen molar-refractivity contribution in [2.24, 2.45) is 5.92 Å². The van der Waals surface area contributed by atoms with E-state index in [0.29, 0.717) is 0 Å². The third-order valence-electron chi connectivity index (χ3n) is 3.03. The zero-order chi connectivity index (χ0) is 13.7. The zero-order valence-electron chi connectivity index (χ0n) is 9.89. The standard InChI is InChI=1S/C7H15B3O5P3/c1-2-3(11)4(12)6(13-10-16)7(15-18-9)5(2)14-17-8/h2-7,11-12,17-18H,16H2,1H3. The molecule has 0 aromatic rings. The molecule has 1 saturated carbocycles. The van der Waals surface area contributed by atoms with Crippen molar-refractivity contribution in [2.75, 3.05) is 0 Å². The van der Waals surface area contributed by atoms with Crippen LogP contribution in [0.25, 0.3) is 0 Å². The van der Waals surface area contributed by atoms with Crippen molar-refractivity contribution in [2.45, 2.75) is 37.4 Å². The third-order valence-corrected chi connectivity index (χ3v) is 4.01. The Morgan fingerprint density at radius 2 is 1.61 bits per heavy atom. The molecule has 2 N–H and O–H groups in total. The molecule has 1 aliphatic rings. The normalized spacial score (nSPS) is 42.0. The number of aliphatic hydroxyl groups excluding tert-OH is 2. The monoisotopic (exact) mass is 305 g/mol. The Morgan fingerprint density at radius 1 is 1.06 bits per heavy atom. The molecule has 5 radical (unpaired) electrons. The summed E-state index contributed by atoms with van der Waals surface area (Å²) in [6.07, 6.45) is -3.83. The van der Waals surface area contributed by atoms with Crippen molar-refractivity contribution < 1.29 is 23.9 Å². The van der Waals surface area contributed by atoms with Crippen LogP contribution in [0.4, 0.5) is 0 Å². The van der Waals surface area contributed by atoms with Crippen molar-refractivity contribution in [3.8, 4) is 0 Å². The molecule has 0 aromatic carbocycles.